The van der Waals surface area contributed by atoms with Crippen molar-refractivity contribution in [3.63, 3.8) is 0 Å². The fourth-order valence-corrected chi connectivity index (χ4v) is 1.89. The summed E-state index contributed by atoms with van der Waals surface area (Å²) in [6, 6.07) is 9.46. The van der Waals surface area contributed by atoms with E-state index in [0.29, 0.717) is 23.4 Å². The maximum Gasteiger partial charge on any atom is 0.355 e. The zero-order valence-electron chi connectivity index (χ0n) is 10.1. The van der Waals surface area contributed by atoms with E-state index in [1.165, 1.54) is 0 Å². The lowest BCUT2D eigenvalue weighted by atomic mass is 10.0. The number of nitrogens with one attached hydrogen (secondary N) is 1. The second-order valence-electron chi connectivity index (χ2n) is 3.81. The summed E-state index contributed by atoms with van der Waals surface area (Å²) in [5, 5.41) is 9.33. The Morgan fingerprint density at radius 2 is 2.06 bits per heavy atom. The summed E-state index contributed by atoms with van der Waals surface area (Å²) in [6.07, 6.45) is 1.63. The minimum atomic E-state index is -0.406. The van der Waals surface area contributed by atoms with Gasteiger partial charge in [0.05, 0.1) is 13.2 Å². The Hall–Kier alpha value is -2.07. The van der Waals surface area contributed by atoms with E-state index in [9.17, 15) is 9.90 Å². The predicted molar refractivity (Wildman–Crippen MR) is 68.1 cm³/mol. The van der Waals surface area contributed by atoms with Crippen molar-refractivity contribution < 1.29 is 14.6 Å². The third-order valence-corrected chi connectivity index (χ3v) is 2.67. The first kappa shape index (κ1) is 12.4. The highest BCUT2D eigenvalue weighted by Crippen LogP contribution is 2.28. The van der Waals surface area contributed by atoms with Gasteiger partial charge < -0.3 is 14.8 Å². The van der Waals surface area contributed by atoms with Crippen LogP contribution in [0.4, 0.5) is 0 Å². The number of aliphatic hydroxyl groups is 1. The number of aromatic nitrogens is 1. The van der Waals surface area contributed by atoms with Gasteiger partial charge in [0.15, 0.2) is 0 Å². The van der Waals surface area contributed by atoms with Gasteiger partial charge in [0.2, 0.25) is 0 Å². The van der Waals surface area contributed by atoms with E-state index in [1.807, 2.05) is 30.3 Å². The number of aliphatic hydroxyl groups excluding tert-OH is 1. The number of hydrogen-bond acceptors (Lipinski definition) is 3. The minimum absolute atomic E-state index is 0.125. The second-order valence-corrected chi connectivity index (χ2v) is 3.81. The van der Waals surface area contributed by atoms with Gasteiger partial charge in [0.1, 0.15) is 5.69 Å². The molecule has 2 N–H and O–H groups in total. The maximum absolute atomic E-state index is 11.8. The van der Waals surface area contributed by atoms with Crippen molar-refractivity contribution in [2.75, 3.05) is 6.61 Å². The van der Waals surface area contributed by atoms with Crippen LogP contribution in [0, 0.1) is 0 Å². The van der Waals surface area contributed by atoms with Gasteiger partial charge in [-0.2, -0.15) is 0 Å². The summed E-state index contributed by atoms with van der Waals surface area (Å²) < 4.78 is 5.00. The van der Waals surface area contributed by atoms with Gasteiger partial charge in [0.25, 0.3) is 0 Å². The first-order chi connectivity index (χ1) is 8.77. The molecule has 0 aliphatic rings. The molecule has 2 aromatic rings. The molecule has 0 radical (unpaired) electrons. The highest BCUT2D eigenvalue weighted by atomic mass is 16.5. The molecule has 2 rings (SSSR count). The van der Waals surface area contributed by atoms with E-state index in [0.717, 1.165) is 5.56 Å². The zero-order chi connectivity index (χ0) is 13.0. The van der Waals surface area contributed by atoms with E-state index in [4.69, 9.17) is 4.74 Å². The van der Waals surface area contributed by atoms with Crippen LogP contribution in [0.2, 0.25) is 0 Å². The molecule has 18 heavy (non-hydrogen) atoms. The average molecular weight is 245 g/mol. The quantitative estimate of drug-likeness (QED) is 0.813. The summed E-state index contributed by atoms with van der Waals surface area (Å²) in [7, 11) is 0. The first-order valence-corrected chi connectivity index (χ1v) is 5.81. The smallest absolute Gasteiger partial charge is 0.355 e. The molecule has 0 unspecified atom stereocenters. The van der Waals surface area contributed by atoms with Crippen LogP contribution in [0.15, 0.2) is 36.5 Å². The van der Waals surface area contributed by atoms with Crippen LogP contribution < -0.4 is 0 Å². The molecule has 0 amide bonds. The van der Waals surface area contributed by atoms with Gasteiger partial charge >= 0.3 is 5.97 Å². The lowest BCUT2D eigenvalue weighted by Gasteiger charge is -2.06. The summed E-state index contributed by atoms with van der Waals surface area (Å²) in [5.41, 5.74) is 2.65. The largest absolute Gasteiger partial charge is 0.461 e. The SMILES string of the molecule is CCOC(=O)c1[nH]cc(CO)c1-c1ccccc1. The number of ether oxygens (including phenoxy) is 1. The van der Waals surface area contributed by atoms with Gasteiger partial charge in [-0.3, -0.25) is 0 Å². The topological polar surface area (TPSA) is 62.3 Å². The average Bonchev–Trinajstić information content (AvgIpc) is 2.83. The summed E-state index contributed by atoms with van der Waals surface area (Å²) in [5.74, 6) is -0.406. The molecular formula is C14H15NO3. The third kappa shape index (κ3) is 2.28. The van der Waals surface area contributed by atoms with E-state index in [-0.39, 0.29) is 6.61 Å². The highest BCUT2D eigenvalue weighted by molar-refractivity contribution is 5.96. The molecule has 4 nitrogen and oxygen atoms in total. The Labute approximate surface area is 105 Å². The normalized spacial score (nSPS) is 10.3. The van der Waals surface area contributed by atoms with Crippen LogP contribution in [-0.4, -0.2) is 22.7 Å². The zero-order valence-corrected chi connectivity index (χ0v) is 10.1. The van der Waals surface area contributed by atoms with Crippen molar-refractivity contribution in [1.29, 1.82) is 0 Å². The maximum atomic E-state index is 11.8. The number of benzene rings is 1. The van der Waals surface area contributed by atoms with Crippen LogP contribution in [0.5, 0.6) is 0 Å². The van der Waals surface area contributed by atoms with Crippen molar-refractivity contribution in [1.82, 2.24) is 4.98 Å². The van der Waals surface area contributed by atoms with Gasteiger partial charge in [-0.15, -0.1) is 0 Å². The fourth-order valence-electron chi connectivity index (χ4n) is 1.89. The summed E-state index contributed by atoms with van der Waals surface area (Å²) in [4.78, 5) is 14.7. The molecule has 4 heteroatoms. The molecule has 1 aromatic carbocycles. The van der Waals surface area contributed by atoms with E-state index >= 15 is 0 Å². The molecule has 0 bridgehead atoms. The van der Waals surface area contributed by atoms with E-state index < -0.39 is 5.97 Å². The van der Waals surface area contributed by atoms with Crippen LogP contribution >= 0.6 is 0 Å². The Bertz CT molecular complexity index is 531. The monoisotopic (exact) mass is 245 g/mol. The van der Waals surface area contributed by atoms with Crippen LogP contribution in [0.3, 0.4) is 0 Å². The van der Waals surface area contributed by atoms with Crippen LogP contribution in [0.1, 0.15) is 23.0 Å². The molecule has 0 spiro atoms. The van der Waals surface area contributed by atoms with Crippen LogP contribution in [-0.2, 0) is 11.3 Å². The molecule has 1 heterocycles. The van der Waals surface area contributed by atoms with E-state index in [1.54, 1.807) is 13.1 Å². The molecule has 0 aliphatic carbocycles. The number of esters is 1. The van der Waals surface area contributed by atoms with Gasteiger partial charge in [-0.1, -0.05) is 30.3 Å². The van der Waals surface area contributed by atoms with Crippen LogP contribution in [0.25, 0.3) is 11.1 Å². The number of rotatable bonds is 4. The Morgan fingerprint density at radius 1 is 1.33 bits per heavy atom. The van der Waals surface area contributed by atoms with Gasteiger partial charge in [-0.05, 0) is 12.5 Å². The molecule has 1 aromatic heterocycles. The molecule has 0 saturated heterocycles. The molecule has 94 valence electrons. The third-order valence-electron chi connectivity index (χ3n) is 2.67. The number of H-pyrrole nitrogens is 1. The van der Waals surface area contributed by atoms with Crippen molar-refractivity contribution in [3.05, 3.63) is 47.8 Å². The minimum Gasteiger partial charge on any atom is -0.461 e. The molecule has 0 fully saturated rings. The standard InChI is InChI=1S/C14H15NO3/c1-2-18-14(17)13-12(11(9-16)8-15-13)10-6-4-3-5-7-10/h3-8,15-16H,2,9H2,1H3. The lowest BCUT2D eigenvalue weighted by molar-refractivity contribution is 0.0521. The van der Waals surface area contributed by atoms with Gasteiger partial charge in [0, 0.05) is 17.3 Å². The number of carbonyl (C=O) groups excluding carboxylic acids is 1. The number of carbonyl (C=O) groups is 1. The molecule has 0 aliphatic heterocycles. The Kier molecular flexibility index (Phi) is 3.79. The van der Waals surface area contributed by atoms with Crippen molar-refractivity contribution in [3.8, 4) is 11.1 Å². The summed E-state index contributed by atoms with van der Waals surface area (Å²) >= 11 is 0. The fraction of sp³-hybridized carbons (Fsp3) is 0.214. The second kappa shape index (κ2) is 5.51. The Morgan fingerprint density at radius 3 is 2.67 bits per heavy atom. The predicted octanol–water partition coefficient (Wildman–Crippen LogP) is 2.35. The number of hydrogen-bond donors (Lipinski definition) is 2. The molecule has 0 saturated carbocycles. The van der Waals surface area contributed by atoms with Crippen molar-refractivity contribution in [2.45, 2.75) is 13.5 Å². The molecular weight excluding hydrogens is 230 g/mol. The van der Waals surface area contributed by atoms with Crippen molar-refractivity contribution >= 4 is 5.97 Å². The highest BCUT2D eigenvalue weighted by Gasteiger charge is 2.19. The van der Waals surface area contributed by atoms with E-state index in [2.05, 4.69) is 4.98 Å². The summed E-state index contributed by atoms with van der Waals surface area (Å²) in [6.45, 7) is 1.96. The first-order valence-electron chi connectivity index (χ1n) is 5.81. The molecule has 0 atom stereocenters. The van der Waals surface area contributed by atoms with Crippen molar-refractivity contribution in [2.24, 2.45) is 0 Å². The van der Waals surface area contributed by atoms with Gasteiger partial charge in [-0.25, -0.2) is 4.79 Å². The lowest BCUT2D eigenvalue weighted by Crippen LogP contribution is -2.06. The Balaban J connectivity index is 2.50. The number of aromatic amines is 1.